The van der Waals surface area contributed by atoms with Gasteiger partial charge in [-0.25, -0.2) is 4.98 Å². The van der Waals surface area contributed by atoms with Crippen molar-refractivity contribution in [3.63, 3.8) is 0 Å². The molecular formula is C48H54ClN7O9S. The number of unbranched alkanes of at least 4 members (excludes halogenated alkanes) is 1. The number of aromatic nitrogens is 1. The Kier molecular flexibility index (Phi) is 16.7. The first kappa shape index (κ1) is 49.3. The van der Waals surface area contributed by atoms with E-state index in [2.05, 4.69) is 15.6 Å². The lowest BCUT2D eigenvalue weighted by Gasteiger charge is -2.29. The topological polar surface area (TPSA) is 200 Å². The number of anilines is 2. The minimum atomic E-state index is -0.970. The van der Waals surface area contributed by atoms with Gasteiger partial charge in [0, 0.05) is 50.6 Å². The number of nitrogens with zero attached hydrogens (tertiary/aromatic N) is 5. The number of aliphatic hydroxyl groups excluding tert-OH is 1. The Morgan fingerprint density at radius 3 is 2.33 bits per heavy atom. The number of allylic oxidation sites excluding steroid dienone is 1. The van der Waals surface area contributed by atoms with Crippen molar-refractivity contribution in [3.8, 4) is 23.1 Å². The number of aliphatic hydroxyl groups is 1. The summed E-state index contributed by atoms with van der Waals surface area (Å²) in [7, 11) is 0. The van der Waals surface area contributed by atoms with Crippen molar-refractivity contribution < 1.29 is 42.9 Å². The third-order valence-corrected chi connectivity index (χ3v) is 11.8. The van der Waals surface area contributed by atoms with Gasteiger partial charge in [-0.3, -0.25) is 24.1 Å². The Labute approximate surface area is 394 Å². The molecule has 66 heavy (non-hydrogen) atoms. The molecule has 0 bridgehead atoms. The van der Waals surface area contributed by atoms with E-state index in [9.17, 15) is 29.5 Å². The molecule has 2 saturated heterocycles. The third kappa shape index (κ3) is 11.8. The first-order chi connectivity index (χ1) is 31.6. The number of hydrogen-bond donors (Lipinski definition) is 3. The SMILES string of the molecule is CC(C)=C(NC(=O)COCCCOCCCCOc1ccc(N2C(=S)N(c3ccc(C#N)c(Cl)c3)C(=O)C2(C)C)cc1)C(=O)N1C[C@H](O)C[C@H]1C(=O)NCc1ccc(-c2ocnc2C)cc1. The number of aryl methyl sites for hydroxylation is 1. The second kappa shape index (κ2) is 22.4. The number of carbonyl (C=O) groups is 4. The predicted octanol–water partition coefficient (Wildman–Crippen LogP) is 6.36. The minimum Gasteiger partial charge on any atom is -0.494 e. The zero-order valence-electron chi connectivity index (χ0n) is 37.6. The largest absolute Gasteiger partial charge is 0.494 e. The molecule has 4 aromatic rings. The third-order valence-electron chi connectivity index (χ3n) is 11.1. The van der Waals surface area contributed by atoms with Crippen LogP contribution in [0.4, 0.5) is 11.4 Å². The predicted molar refractivity (Wildman–Crippen MR) is 251 cm³/mol. The molecule has 16 nitrogen and oxygen atoms in total. The molecule has 2 fully saturated rings. The molecule has 348 valence electrons. The number of nitriles is 1. The number of carbonyl (C=O) groups excluding carboxylic acids is 4. The van der Waals surface area contributed by atoms with Gasteiger partial charge >= 0.3 is 0 Å². The summed E-state index contributed by atoms with van der Waals surface area (Å²) < 4.78 is 22.7. The molecule has 0 radical (unpaired) electrons. The molecule has 0 unspecified atom stereocenters. The maximum Gasteiger partial charge on any atom is 0.271 e. The van der Waals surface area contributed by atoms with Crippen LogP contribution in [0.15, 0.2) is 88.8 Å². The molecule has 4 amide bonds. The zero-order valence-corrected chi connectivity index (χ0v) is 39.2. The molecule has 1 aromatic heterocycles. The van der Waals surface area contributed by atoms with E-state index in [4.69, 9.17) is 42.4 Å². The van der Waals surface area contributed by atoms with E-state index in [0.29, 0.717) is 59.7 Å². The Morgan fingerprint density at radius 1 is 0.985 bits per heavy atom. The molecule has 2 aliphatic heterocycles. The van der Waals surface area contributed by atoms with Crippen LogP contribution in [0, 0.1) is 18.3 Å². The van der Waals surface area contributed by atoms with Crippen LogP contribution >= 0.6 is 23.8 Å². The summed E-state index contributed by atoms with van der Waals surface area (Å²) in [6, 6.07) is 20.7. The second-order valence-electron chi connectivity index (χ2n) is 16.6. The Morgan fingerprint density at radius 2 is 1.67 bits per heavy atom. The lowest BCUT2D eigenvalue weighted by Crippen LogP contribution is -2.48. The highest BCUT2D eigenvalue weighted by Gasteiger charge is 2.50. The van der Waals surface area contributed by atoms with E-state index in [0.717, 1.165) is 35.3 Å². The summed E-state index contributed by atoms with van der Waals surface area (Å²) in [5.74, 6) is -0.364. The number of likely N-dealkylation sites (tertiary alicyclic amines) is 1. The molecule has 2 aliphatic rings. The molecule has 6 rings (SSSR count). The number of halogens is 1. The van der Waals surface area contributed by atoms with Crippen molar-refractivity contribution >= 4 is 63.9 Å². The van der Waals surface area contributed by atoms with E-state index in [1.165, 1.54) is 16.2 Å². The molecule has 0 saturated carbocycles. The van der Waals surface area contributed by atoms with Crippen molar-refractivity contribution in [2.45, 2.75) is 84.5 Å². The molecular weight excluding hydrogens is 886 g/mol. The van der Waals surface area contributed by atoms with Gasteiger partial charge in [0.2, 0.25) is 5.91 Å². The fourth-order valence-corrected chi connectivity index (χ4v) is 8.30. The normalized spacial score (nSPS) is 16.6. The highest BCUT2D eigenvalue weighted by atomic mass is 35.5. The summed E-state index contributed by atoms with van der Waals surface area (Å²) in [6.07, 6.45) is 2.64. The van der Waals surface area contributed by atoms with Gasteiger partial charge in [0.1, 0.15) is 35.7 Å². The van der Waals surface area contributed by atoms with Crippen LogP contribution in [-0.4, -0.2) is 101 Å². The van der Waals surface area contributed by atoms with Gasteiger partial charge in [-0.2, -0.15) is 5.26 Å². The van der Waals surface area contributed by atoms with Gasteiger partial charge in [0.05, 0.1) is 34.7 Å². The number of thiocarbonyl (C=S) groups is 1. The molecule has 3 heterocycles. The highest BCUT2D eigenvalue weighted by molar-refractivity contribution is 7.81. The quantitative estimate of drug-likeness (QED) is 0.0503. The number of nitrogens with one attached hydrogen (secondary N) is 2. The number of rotatable bonds is 20. The number of ether oxygens (including phenoxy) is 3. The number of oxazole rings is 1. The average molecular weight is 941 g/mol. The van der Waals surface area contributed by atoms with Gasteiger partial charge < -0.3 is 44.2 Å². The van der Waals surface area contributed by atoms with Crippen molar-refractivity contribution in [1.82, 2.24) is 20.5 Å². The number of benzene rings is 3. The standard InChI is InChI=1S/C48H54ClN7O9S/c1-30(2)42(45(60)54-27-37(57)24-40(54)44(59)51-26-32-9-11-33(12-10-32)43-31(3)52-29-65-43)53-41(58)28-63-21-8-20-62-19-6-7-22-64-38-17-15-35(16-18-38)56-47(66)55(46(61)48(56,4)5)36-14-13-34(25-50)39(49)23-36/h9-18,23,29,37,40,57H,6-8,19-22,24,26-28H2,1-5H3,(H,51,59)(H,53,58)/t37-,40+/m1/s1. The number of amides is 4. The first-order valence-electron chi connectivity index (χ1n) is 21.6. The highest BCUT2D eigenvalue weighted by Crippen LogP contribution is 2.38. The van der Waals surface area contributed by atoms with Crippen LogP contribution in [0.2, 0.25) is 5.02 Å². The van der Waals surface area contributed by atoms with E-state index < -0.39 is 35.4 Å². The van der Waals surface area contributed by atoms with Gasteiger partial charge in [-0.05, 0) is 120 Å². The van der Waals surface area contributed by atoms with E-state index in [1.807, 2.05) is 61.5 Å². The number of β-amino-alcohol motifs (C(OH)–C–C–N with tert-alkyl or cyclic N) is 1. The number of hydrogen-bond acceptors (Lipinski definition) is 12. The van der Waals surface area contributed by atoms with Crippen LogP contribution in [-0.2, 0) is 35.2 Å². The second-order valence-corrected chi connectivity index (χ2v) is 17.4. The van der Waals surface area contributed by atoms with E-state index >= 15 is 0 Å². The van der Waals surface area contributed by atoms with Crippen LogP contribution in [0.3, 0.4) is 0 Å². The van der Waals surface area contributed by atoms with Gasteiger partial charge in [0.15, 0.2) is 17.3 Å². The summed E-state index contributed by atoms with van der Waals surface area (Å²) in [4.78, 5) is 61.9. The fourth-order valence-electron chi connectivity index (χ4n) is 7.57. The zero-order chi connectivity index (χ0) is 47.5. The first-order valence-corrected chi connectivity index (χ1v) is 22.4. The summed E-state index contributed by atoms with van der Waals surface area (Å²) in [5, 5.41) is 25.8. The lowest BCUT2D eigenvalue weighted by atomic mass is 10.0. The van der Waals surface area contributed by atoms with Crippen LogP contribution in [0.25, 0.3) is 11.3 Å². The Balaban J connectivity index is 0.846. The van der Waals surface area contributed by atoms with Crippen molar-refractivity contribution in [1.29, 1.82) is 5.26 Å². The maximum atomic E-state index is 13.7. The molecule has 0 spiro atoms. The molecule has 0 aliphatic carbocycles. The van der Waals surface area contributed by atoms with Gasteiger partial charge in [0.25, 0.3) is 17.7 Å². The smallest absolute Gasteiger partial charge is 0.271 e. The molecule has 3 N–H and O–H groups in total. The van der Waals surface area contributed by atoms with Crippen LogP contribution < -0.4 is 25.2 Å². The van der Waals surface area contributed by atoms with Crippen LogP contribution in [0.1, 0.15) is 70.2 Å². The monoisotopic (exact) mass is 939 g/mol. The average Bonchev–Trinajstić information content (AvgIpc) is 3.96. The van der Waals surface area contributed by atoms with Crippen molar-refractivity contribution in [2.24, 2.45) is 0 Å². The molecule has 18 heteroatoms. The van der Waals surface area contributed by atoms with Crippen molar-refractivity contribution in [2.75, 3.05) is 49.4 Å². The summed E-state index contributed by atoms with van der Waals surface area (Å²) >= 11 is 12.0. The van der Waals surface area contributed by atoms with E-state index in [-0.39, 0.29) is 49.4 Å². The lowest BCUT2D eigenvalue weighted by molar-refractivity contribution is -0.137. The molecule has 3 aromatic carbocycles. The fraction of sp³-hybridized carbons (Fsp3) is 0.396. The summed E-state index contributed by atoms with van der Waals surface area (Å²) in [6.45, 7) is 10.4. The summed E-state index contributed by atoms with van der Waals surface area (Å²) in [5.41, 5.74) is 3.60. The maximum absolute atomic E-state index is 13.7. The molecule has 2 atom stereocenters. The Bertz CT molecular complexity index is 2480. The van der Waals surface area contributed by atoms with Gasteiger partial charge in [-0.1, -0.05) is 35.9 Å². The van der Waals surface area contributed by atoms with Crippen molar-refractivity contribution in [3.05, 3.63) is 106 Å². The van der Waals surface area contributed by atoms with E-state index in [1.54, 1.807) is 50.8 Å². The van der Waals surface area contributed by atoms with Crippen LogP contribution in [0.5, 0.6) is 5.75 Å². The van der Waals surface area contributed by atoms with Gasteiger partial charge in [-0.15, -0.1) is 0 Å². The minimum absolute atomic E-state index is 0.0337. The Hall–Kier alpha value is -6.16.